The number of benzene rings is 1. The van der Waals surface area contributed by atoms with Gasteiger partial charge in [-0.2, -0.15) is 0 Å². The molecule has 10 heteroatoms. The molecule has 8 nitrogen and oxygen atoms in total. The number of aromatic nitrogens is 3. The van der Waals surface area contributed by atoms with E-state index in [0.717, 1.165) is 39.0 Å². The number of nitrogens with one attached hydrogen (secondary N) is 1. The van der Waals surface area contributed by atoms with Gasteiger partial charge in [-0.05, 0) is 38.8 Å². The normalized spacial score (nSPS) is 14.4. The van der Waals surface area contributed by atoms with Gasteiger partial charge in [0.1, 0.15) is 10.6 Å². The fraction of sp³-hybridized carbons (Fsp3) is 0.292. The van der Waals surface area contributed by atoms with Crippen molar-refractivity contribution in [2.24, 2.45) is 0 Å². The van der Waals surface area contributed by atoms with E-state index in [1.165, 1.54) is 29.1 Å². The third kappa shape index (κ3) is 4.64. The van der Waals surface area contributed by atoms with E-state index in [1.807, 2.05) is 43.0 Å². The molecule has 0 bridgehead atoms. The molecule has 4 aromatic rings. The maximum Gasteiger partial charge on any atom is 0.275 e. The molecular weight excluding hydrogens is 470 g/mol. The van der Waals surface area contributed by atoms with Crippen LogP contribution in [0.25, 0.3) is 11.3 Å². The lowest BCUT2D eigenvalue weighted by molar-refractivity contribution is 0.0717. The summed E-state index contributed by atoms with van der Waals surface area (Å²) in [6.07, 6.45) is 4.66. The Morgan fingerprint density at radius 3 is 2.71 bits per heavy atom. The number of anilines is 1. The predicted molar refractivity (Wildman–Crippen MR) is 131 cm³/mol. The van der Waals surface area contributed by atoms with E-state index in [-0.39, 0.29) is 17.7 Å². The Labute approximate surface area is 204 Å². The first-order valence-electron chi connectivity index (χ1n) is 11.0. The number of thiazole rings is 2. The zero-order chi connectivity index (χ0) is 23.7. The van der Waals surface area contributed by atoms with Gasteiger partial charge in [0.05, 0.1) is 21.9 Å². The molecule has 1 N–H and O–H groups in total. The summed E-state index contributed by atoms with van der Waals surface area (Å²) < 4.78 is 5.33. The predicted octanol–water partition coefficient (Wildman–Crippen LogP) is 5.14. The summed E-state index contributed by atoms with van der Waals surface area (Å²) in [5, 5.41) is 6.56. The Balaban J connectivity index is 1.20. The molecule has 2 amide bonds. The van der Waals surface area contributed by atoms with Gasteiger partial charge in [0, 0.05) is 35.6 Å². The number of rotatable bonds is 5. The molecule has 4 heterocycles. The number of likely N-dealkylation sites (tertiary alicyclic amines) is 1. The molecule has 5 rings (SSSR count). The SMILES string of the molecule is Cc1nc(C)c(C(=O)N2CCC(c3nc(C(=O)Nc4cccc(-c5cnco5)c4)cs3)CC2)s1. The third-order valence-electron chi connectivity index (χ3n) is 5.82. The van der Waals surface area contributed by atoms with Gasteiger partial charge in [-0.1, -0.05) is 12.1 Å². The van der Waals surface area contributed by atoms with Crippen molar-refractivity contribution >= 4 is 40.2 Å². The van der Waals surface area contributed by atoms with Gasteiger partial charge >= 0.3 is 0 Å². The van der Waals surface area contributed by atoms with E-state index in [9.17, 15) is 9.59 Å². The number of nitrogens with zero attached hydrogens (tertiary/aromatic N) is 4. The quantitative estimate of drug-likeness (QED) is 0.413. The van der Waals surface area contributed by atoms with Crippen molar-refractivity contribution in [3.63, 3.8) is 0 Å². The molecular formula is C24H23N5O3S2. The van der Waals surface area contributed by atoms with E-state index in [4.69, 9.17) is 4.42 Å². The van der Waals surface area contributed by atoms with Crippen LogP contribution < -0.4 is 5.32 Å². The summed E-state index contributed by atoms with van der Waals surface area (Å²) in [6.45, 7) is 5.16. The van der Waals surface area contributed by atoms with Gasteiger partial charge in [-0.3, -0.25) is 9.59 Å². The Hall–Kier alpha value is -3.37. The summed E-state index contributed by atoms with van der Waals surface area (Å²) in [7, 11) is 0. The number of hydrogen-bond donors (Lipinski definition) is 1. The second-order valence-electron chi connectivity index (χ2n) is 8.19. The van der Waals surface area contributed by atoms with E-state index >= 15 is 0 Å². The lowest BCUT2D eigenvalue weighted by Crippen LogP contribution is -2.37. The van der Waals surface area contributed by atoms with Crippen LogP contribution in [0.3, 0.4) is 0 Å². The van der Waals surface area contributed by atoms with Crippen LogP contribution in [-0.2, 0) is 0 Å². The molecule has 1 aromatic carbocycles. The first-order valence-corrected chi connectivity index (χ1v) is 12.7. The molecule has 0 saturated carbocycles. The zero-order valence-electron chi connectivity index (χ0n) is 18.8. The van der Waals surface area contributed by atoms with Crippen molar-refractivity contribution in [2.45, 2.75) is 32.6 Å². The van der Waals surface area contributed by atoms with Crippen LogP contribution >= 0.6 is 22.7 Å². The number of hydrogen-bond acceptors (Lipinski definition) is 8. The Morgan fingerprint density at radius 2 is 2.00 bits per heavy atom. The summed E-state index contributed by atoms with van der Waals surface area (Å²) in [5.41, 5.74) is 2.70. The lowest BCUT2D eigenvalue weighted by Gasteiger charge is -2.30. The highest BCUT2D eigenvalue weighted by atomic mass is 32.1. The smallest absolute Gasteiger partial charge is 0.275 e. The summed E-state index contributed by atoms with van der Waals surface area (Å²) in [4.78, 5) is 41.2. The highest BCUT2D eigenvalue weighted by molar-refractivity contribution is 7.13. The second kappa shape index (κ2) is 9.47. The zero-order valence-corrected chi connectivity index (χ0v) is 20.4. The lowest BCUT2D eigenvalue weighted by atomic mass is 9.97. The number of piperidine rings is 1. The van der Waals surface area contributed by atoms with Gasteiger partial charge in [-0.25, -0.2) is 15.0 Å². The first kappa shape index (κ1) is 22.4. The molecule has 0 unspecified atom stereocenters. The van der Waals surface area contributed by atoms with Crippen molar-refractivity contribution in [3.8, 4) is 11.3 Å². The Kier molecular flexibility index (Phi) is 6.25. The second-order valence-corrected chi connectivity index (χ2v) is 10.3. The molecule has 174 valence electrons. The van der Waals surface area contributed by atoms with Gasteiger partial charge in [0.25, 0.3) is 11.8 Å². The maximum atomic E-state index is 12.9. The minimum absolute atomic E-state index is 0.0633. The average Bonchev–Trinajstić information content (AvgIpc) is 3.60. The summed E-state index contributed by atoms with van der Waals surface area (Å²) in [6, 6.07) is 7.41. The third-order valence-corrected chi connectivity index (χ3v) is 7.89. The molecule has 0 spiro atoms. The summed E-state index contributed by atoms with van der Waals surface area (Å²) >= 11 is 2.96. The molecule has 1 saturated heterocycles. The first-order chi connectivity index (χ1) is 16.5. The minimum Gasteiger partial charge on any atom is -0.444 e. The van der Waals surface area contributed by atoms with Gasteiger partial charge < -0.3 is 14.6 Å². The van der Waals surface area contributed by atoms with E-state index < -0.39 is 0 Å². The molecule has 3 aromatic heterocycles. The molecule has 1 aliphatic heterocycles. The number of carbonyl (C=O) groups excluding carboxylic acids is 2. The van der Waals surface area contributed by atoms with Crippen LogP contribution in [0.1, 0.15) is 54.6 Å². The number of aryl methyl sites for hydroxylation is 2. The maximum absolute atomic E-state index is 12.9. The Bertz CT molecular complexity index is 1320. The van der Waals surface area contributed by atoms with Crippen LogP contribution in [0.5, 0.6) is 0 Å². The fourth-order valence-corrected chi connectivity index (χ4v) is 5.95. The molecule has 0 atom stereocenters. The van der Waals surface area contributed by atoms with Crippen molar-refractivity contribution in [3.05, 3.63) is 68.5 Å². The van der Waals surface area contributed by atoms with E-state index in [2.05, 4.69) is 20.3 Å². The molecule has 0 aliphatic carbocycles. The van der Waals surface area contributed by atoms with Crippen molar-refractivity contribution in [1.82, 2.24) is 19.9 Å². The monoisotopic (exact) mass is 493 g/mol. The van der Waals surface area contributed by atoms with Crippen molar-refractivity contribution in [2.75, 3.05) is 18.4 Å². The average molecular weight is 494 g/mol. The summed E-state index contributed by atoms with van der Waals surface area (Å²) in [5.74, 6) is 0.696. The number of carbonyl (C=O) groups is 2. The van der Waals surface area contributed by atoms with Crippen LogP contribution in [0.2, 0.25) is 0 Å². The van der Waals surface area contributed by atoms with Gasteiger partial charge in [0.15, 0.2) is 12.2 Å². The highest BCUT2D eigenvalue weighted by Gasteiger charge is 2.28. The molecule has 1 fully saturated rings. The number of oxazole rings is 1. The minimum atomic E-state index is -0.249. The largest absolute Gasteiger partial charge is 0.444 e. The van der Waals surface area contributed by atoms with Gasteiger partial charge in [-0.15, -0.1) is 22.7 Å². The van der Waals surface area contributed by atoms with Gasteiger partial charge in [0.2, 0.25) is 0 Å². The van der Waals surface area contributed by atoms with E-state index in [0.29, 0.717) is 30.2 Å². The van der Waals surface area contributed by atoms with Crippen LogP contribution in [0, 0.1) is 13.8 Å². The van der Waals surface area contributed by atoms with Crippen LogP contribution in [-0.4, -0.2) is 44.8 Å². The molecule has 0 radical (unpaired) electrons. The molecule has 1 aliphatic rings. The van der Waals surface area contributed by atoms with Crippen LogP contribution in [0.4, 0.5) is 5.69 Å². The molecule has 34 heavy (non-hydrogen) atoms. The van der Waals surface area contributed by atoms with Crippen molar-refractivity contribution < 1.29 is 14.0 Å². The van der Waals surface area contributed by atoms with Crippen LogP contribution in [0.15, 0.2) is 46.7 Å². The highest BCUT2D eigenvalue weighted by Crippen LogP contribution is 2.32. The topological polar surface area (TPSA) is 101 Å². The Morgan fingerprint density at radius 1 is 1.18 bits per heavy atom. The standard InChI is InChI=1S/C24H23N5O3S2/c1-14-21(34-15(2)26-14)24(31)29-8-6-16(7-9-29)23-28-19(12-33-23)22(30)27-18-5-3-4-17(10-18)20-11-25-13-32-20/h3-5,10-13,16H,6-9H2,1-2H3,(H,27,30). The van der Waals surface area contributed by atoms with Crippen molar-refractivity contribution in [1.29, 1.82) is 0 Å². The van der Waals surface area contributed by atoms with E-state index in [1.54, 1.807) is 11.6 Å². The fourth-order valence-electron chi connectivity index (χ4n) is 4.09. The number of amides is 2.